The van der Waals surface area contributed by atoms with E-state index in [2.05, 4.69) is 5.32 Å². The predicted octanol–water partition coefficient (Wildman–Crippen LogP) is 2.57. The Morgan fingerprint density at radius 2 is 2.00 bits per heavy atom. The minimum Gasteiger partial charge on any atom is -0.496 e. The molecule has 0 fully saturated rings. The summed E-state index contributed by atoms with van der Waals surface area (Å²) in [5, 5.41) is 2.87. The van der Waals surface area contributed by atoms with Crippen molar-refractivity contribution in [2.24, 2.45) is 0 Å². The van der Waals surface area contributed by atoms with Crippen LogP contribution in [0.4, 0.5) is 0 Å². The van der Waals surface area contributed by atoms with Crippen LogP contribution in [0.1, 0.15) is 30.0 Å². The zero-order valence-electron chi connectivity index (χ0n) is 15.8. The molecule has 1 N–H and O–H groups in total. The third-order valence-corrected chi connectivity index (χ3v) is 5.25. The predicted molar refractivity (Wildman–Crippen MR) is 104 cm³/mol. The van der Waals surface area contributed by atoms with E-state index in [4.69, 9.17) is 9.15 Å². The number of benzene rings is 1. The van der Waals surface area contributed by atoms with Crippen LogP contribution in [0.5, 0.6) is 5.75 Å². The van der Waals surface area contributed by atoms with Gasteiger partial charge < -0.3 is 14.5 Å². The Hall–Kier alpha value is -2.58. The fourth-order valence-corrected chi connectivity index (χ4v) is 2.79. The number of methoxy groups -OCH3 is 1. The molecule has 146 valence electrons. The molecule has 0 aliphatic rings. The molecule has 0 aliphatic carbocycles. The van der Waals surface area contributed by atoms with Gasteiger partial charge in [-0.15, -0.1) is 0 Å². The topological polar surface area (TPSA) is 88.9 Å². The van der Waals surface area contributed by atoms with E-state index >= 15 is 0 Å². The summed E-state index contributed by atoms with van der Waals surface area (Å²) < 4.78 is 34.9. The maximum absolute atomic E-state index is 12.1. The van der Waals surface area contributed by atoms with Crippen molar-refractivity contribution >= 4 is 22.0 Å². The van der Waals surface area contributed by atoms with Crippen LogP contribution in [0.2, 0.25) is 0 Å². The fourth-order valence-electron chi connectivity index (χ4n) is 2.43. The number of nitrogens with one attached hydrogen (secondary N) is 1. The van der Waals surface area contributed by atoms with Crippen molar-refractivity contribution in [1.82, 2.24) is 9.62 Å². The molecule has 2 aromatic rings. The zero-order chi connectivity index (χ0) is 20.0. The minimum atomic E-state index is -3.28. The van der Waals surface area contributed by atoms with E-state index < -0.39 is 10.0 Å². The first-order chi connectivity index (χ1) is 12.7. The number of carbonyl (C=O) groups excluding carboxylic acids is 1. The van der Waals surface area contributed by atoms with Gasteiger partial charge in [-0.05, 0) is 31.2 Å². The first kappa shape index (κ1) is 20.7. The van der Waals surface area contributed by atoms with Gasteiger partial charge in [0.25, 0.3) is 0 Å². The Morgan fingerprint density at radius 1 is 1.30 bits per heavy atom. The van der Waals surface area contributed by atoms with Gasteiger partial charge in [-0.25, -0.2) is 8.42 Å². The highest BCUT2D eigenvalue weighted by Gasteiger charge is 2.14. The van der Waals surface area contributed by atoms with Gasteiger partial charge in [0, 0.05) is 18.7 Å². The molecule has 0 unspecified atom stereocenters. The second-order valence-electron chi connectivity index (χ2n) is 6.13. The Morgan fingerprint density at radius 3 is 2.67 bits per heavy atom. The van der Waals surface area contributed by atoms with Crippen molar-refractivity contribution in [2.75, 3.05) is 20.4 Å². The number of hydrogen-bond acceptors (Lipinski definition) is 5. The fraction of sp³-hybridized carbons (Fsp3) is 0.316. The van der Waals surface area contributed by atoms with Gasteiger partial charge >= 0.3 is 0 Å². The summed E-state index contributed by atoms with van der Waals surface area (Å²) in [6.07, 6.45) is 4.03. The van der Waals surface area contributed by atoms with Crippen molar-refractivity contribution in [3.05, 3.63) is 59.6 Å². The van der Waals surface area contributed by atoms with Crippen LogP contribution in [-0.2, 0) is 21.4 Å². The lowest BCUT2D eigenvalue weighted by molar-refractivity contribution is -0.117. The molecule has 2 rings (SSSR count). The first-order valence-corrected chi connectivity index (χ1v) is 10.2. The maximum atomic E-state index is 12.1. The Kier molecular flexibility index (Phi) is 6.81. The third kappa shape index (κ3) is 5.97. The summed E-state index contributed by atoms with van der Waals surface area (Å²) >= 11 is 0. The SMILES string of the molecule is COc1ccccc1[C@@H](C)NC(=O)/C=C/c1ccc(CN(C)S(C)(=O)=O)o1. The average molecular weight is 392 g/mol. The van der Waals surface area contributed by atoms with Gasteiger partial charge in [-0.2, -0.15) is 4.31 Å². The Labute approximate surface area is 159 Å². The zero-order valence-corrected chi connectivity index (χ0v) is 16.6. The number of sulfonamides is 1. The van der Waals surface area contributed by atoms with Gasteiger partial charge in [0.2, 0.25) is 15.9 Å². The molecule has 1 aromatic heterocycles. The number of ether oxygens (including phenoxy) is 1. The van der Waals surface area contributed by atoms with Crippen LogP contribution < -0.4 is 10.1 Å². The van der Waals surface area contributed by atoms with E-state index in [1.165, 1.54) is 23.5 Å². The van der Waals surface area contributed by atoms with Crippen LogP contribution in [0, 0.1) is 0 Å². The van der Waals surface area contributed by atoms with Crippen molar-refractivity contribution in [3.8, 4) is 5.75 Å². The normalized spacial score (nSPS) is 13.1. The van der Waals surface area contributed by atoms with Crippen molar-refractivity contribution in [2.45, 2.75) is 19.5 Å². The average Bonchev–Trinajstić information content (AvgIpc) is 3.06. The van der Waals surface area contributed by atoms with Crippen LogP contribution in [0.15, 0.2) is 46.9 Å². The molecule has 8 heteroatoms. The molecule has 0 saturated heterocycles. The lowest BCUT2D eigenvalue weighted by Crippen LogP contribution is -2.25. The minimum absolute atomic E-state index is 0.129. The first-order valence-electron chi connectivity index (χ1n) is 8.32. The number of hydrogen-bond donors (Lipinski definition) is 1. The van der Waals surface area contributed by atoms with E-state index in [9.17, 15) is 13.2 Å². The van der Waals surface area contributed by atoms with E-state index in [1.807, 2.05) is 31.2 Å². The summed E-state index contributed by atoms with van der Waals surface area (Å²) in [4.78, 5) is 12.1. The van der Waals surface area contributed by atoms with Gasteiger partial charge in [-0.3, -0.25) is 4.79 Å². The molecule has 27 heavy (non-hydrogen) atoms. The highest BCUT2D eigenvalue weighted by Crippen LogP contribution is 2.24. The molecule has 1 amide bonds. The summed E-state index contributed by atoms with van der Waals surface area (Å²) in [6.45, 7) is 2.00. The maximum Gasteiger partial charge on any atom is 0.244 e. The monoisotopic (exact) mass is 392 g/mol. The van der Waals surface area contributed by atoms with Crippen molar-refractivity contribution in [3.63, 3.8) is 0 Å². The van der Waals surface area contributed by atoms with Gasteiger partial charge in [0.1, 0.15) is 17.3 Å². The summed E-state index contributed by atoms with van der Waals surface area (Å²) in [6, 6.07) is 10.6. The number of nitrogens with zero attached hydrogens (tertiary/aromatic N) is 1. The second-order valence-corrected chi connectivity index (χ2v) is 8.22. The lowest BCUT2D eigenvalue weighted by Gasteiger charge is -2.16. The molecule has 1 heterocycles. The molecule has 0 radical (unpaired) electrons. The smallest absolute Gasteiger partial charge is 0.244 e. The lowest BCUT2D eigenvalue weighted by atomic mass is 10.1. The number of carbonyl (C=O) groups is 1. The number of amides is 1. The van der Waals surface area contributed by atoms with Crippen LogP contribution in [0.25, 0.3) is 6.08 Å². The molecule has 0 saturated carbocycles. The van der Waals surface area contributed by atoms with Crippen molar-refractivity contribution < 1.29 is 22.4 Å². The molecular formula is C19H24N2O5S. The van der Waals surface area contributed by atoms with E-state index in [1.54, 1.807) is 19.2 Å². The van der Waals surface area contributed by atoms with Crippen LogP contribution >= 0.6 is 0 Å². The molecule has 0 spiro atoms. The standard InChI is InChI=1S/C19H24N2O5S/c1-14(17-7-5-6-8-18(17)25-3)20-19(22)12-11-15-9-10-16(26-15)13-21(2)27(4,23)24/h5-12,14H,13H2,1-4H3,(H,20,22)/b12-11+/t14-/m1/s1. The van der Waals surface area contributed by atoms with E-state index in [0.29, 0.717) is 17.3 Å². The number of rotatable bonds is 8. The van der Waals surface area contributed by atoms with E-state index in [0.717, 1.165) is 11.8 Å². The van der Waals surface area contributed by atoms with E-state index in [-0.39, 0.29) is 18.5 Å². The molecule has 0 aliphatic heterocycles. The summed E-state index contributed by atoms with van der Waals surface area (Å²) in [5.41, 5.74) is 0.880. The van der Waals surface area contributed by atoms with Crippen molar-refractivity contribution in [1.29, 1.82) is 0 Å². The summed E-state index contributed by atoms with van der Waals surface area (Å²) in [5.74, 6) is 1.39. The molecule has 7 nitrogen and oxygen atoms in total. The number of para-hydroxylation sites is 1. The molecule has 0 bridgehead atoms. The highest BCUT2D eigenvalue weighted by atomic mass is 32.2. The largest absolute Gasteiger partial charge is 0.496 e. The molecule has 1 atom stereocenters. The second kappa shape index (κ2) is 8.88. The Bertz CT molecular complexity index is 918. The molecular weight excluding hydrogens is 368 g/mol. The summed E-state index contributed by atoms with van der Waals surface area (Å²) in [7, 11) is -0.224. The van der Waals surface area contributed by atoms with Gasteiger partial charge in [0.15, 0.2) is 0 Å². The Balaban J connectivity index is 1.97. The van der Waals surface area contributed by atoms with Gasteiger partial charge in [0.05, 0.1) is 26.0 Å². The third-order valence-electron chi connectivity index (χ3n) is 3.99. The van der Waals surface area contributed by atoms with Crippen LogP contribution in [0.3, 0.4) is 0 Å². The highest BCUT2D eigenvalue weighted by molar-refractivity contribution is 7.88. The molecule has 1 aromatic carbocycles. The van der Waals surface area contributed by atoms with Gasteiger partial charge in [-0.1, -0.05) is 18.2 Å². The van der Waals surface area contributed by atoms with Crippen LogP contribution in [-0.4, -0.2) is 39.0 Å². The quantitative estimate of drug-likeness (QED) is 0.698. The number of furan rings is 1.